The van der Waals surface area contributed by atoms with Crippen molar-refractivity contribution in [2.45, 2.75) is 124 Å². The van der Waals surface area contributed by atoms with Gasteiger partial charge in [-0.2, -0.15) is 0 Å². The molecule has 1 unspecified atom stereocenters. The molecule has 0 saturated heterocycles. The van der Waals surface area contributed by atoms with Crippen molar-refractivity contribution in [3.8, 4) is 34.0 Å². The summed E-state index contributed by atoms with van der Waals surface area (Å²) in [5.74, 6) is 2.71. The Morgan fingerprint density at radius 3 is 1.81 bits per heavy atom. The van der Waals surface area contributed by atoms with E-state index in [1.54, 1.807) is 0 Å². The van der Waals surface area contributed by atoms with E-state index in [0.717, 1.165) is 54.2 Å². The molecule has 0 aliphatic carbocycles. The topological polar surface area (TPSA) is 61.3 Å². The zero-order chi connectivity index (χ0) is 30.5. The van der Waals surface area contributed by atoms with Crippen LogP contribution in [0, 0.1) is 5.92 Å². The second kappa shape index (κ2) is 20.7. The third-order valence-corrected chi connectivity index (χ3v) is 8.08. The monoisotopic (exact) mass is 586 g/mol. The molecule has 1 atom stereocenters. The van der Waals surface area contributed by atoms with Gasteiger partial charge in [-0.3, -0.25) is 4.79 Å². The number of carbonyl (C=O) groups excluding carboxylic acids is 1. The zero-order valence-corrected chi connectivity index (χ0v) is 27.0. The maximum atomic E-state index is 12.3. The summed E-state index contributed by atoms with van der Waals surface area (Å²) in [6.45, 7) is 7.59. The van der Waals surface area contributed by atoms with Crippen molar-refractivity contribution in [2.24, 2.45) is 5.92 Å². The molecular weight excluding hydrogens is 532 g/mol. The van der Waals surface area contributed by atoms with E-state index in [1.165, 1.54) is 77.0 Å². The van der Waals surface area contributed by atoms with Crippen molar-refractivity contribution < 1.29 is 14.3 Å². The van der Waals surface area contributed by atoms with E-state index in [9.17, 15) is 4.79 Å². The quantitative estimate of drug-likeness (QED) is 0.0665. The van der Waals surface area contributed by atoms with Gasteiger partial charge < -0.3 is 9.47 Å². The number of aromatic nitrogens is 2. The Hall–Kier alpha value is -3.21. The van der Waals surface area contributed by atoms with Crippen LogP contribution in [-0.4, -0.2) is 22.5 Å². The highest BCUT2D eigenvalue weighted by molar-refractivity contribution is 5.73. The van der Waals surface area contributed by atoms with Crippen LogP contribution in [0.3, 0.4) is 0 Å². The Morgan fingerprint density at radius 2 is 1.16 bits per heavy atom. The molecule has 0 spiro atoms. The largest absolute Gasteiger partial charge is 0.494 e. The summed E-state index contributed by atoms with van der Waals surface area (Å²) in [6, 6.07) is 15.5. The summed E-state index contributed by atoms with van der Waals surface area (Å²) in [6.07, 6.45) is 22.8. The molecule has 0 aliphatic heterocycles. The SMILES string of the molecule is CCCCCCCCOc1ccc(-c2ncc(-c3ccc(OC(=O)CCCCC(C)CCCCCCC)cc3)cn2)cc1. The van der Waals surface area contributed by atoms with E-state index >= 15 is 0 Å². The maximum absolute atomic E-state index is 12.3. The number of hydrogen-bond donors (Lipinski definition) is 0. The lowest BCUT2D eigenvalue weighted by atomic mass is 9.96. The van der Waals surface area contributed by atoms with Crippen LogP contribution in [0.2, 0.25) is 0 Å². The molecule has 2 aromatic carbocycles. The average Bonchev–Trinajstić information content (AvgIpc) is 3.03. The van der Waals surface area contributed by atoms with Crippen LogP contribution in [0.4, 0.5) is 0 Å². The summed E-state index contributed by atoms with van der Waals surface area (Å²) in [4.78, 5) is 21.5. The molecule has 0 aliphatic rings. The van der Waals surface area contributed by atoms with Crippen LogP contribution in [0.25, 0.3) is 22.5 Å². The molecule has 0 fully saturated rings. The summed E-state index contributed by atoms with van der Waals surface area (Å²) >= 11 is 0. The first-order valence-electron chi connectivity index (χ1n) is 17.0. The van der Waals surface area contributed by atoms with Gasteiger partial charge in [0.2, 0.25) is 0 Å². The third kappa shape index (κ3) is 13.8. The van der Waals surface area contributed by atoms with E-state index in [0.29, 0.717) is 18.0 Å². The number of benzene rings is 2. The van der Waals surface area contributed by atoms with Gasteiger partial charge in [0.25, 0.3) is 0 Å². The molecule has 3 rings (SSSR count). The number of esters is 1. The highest BCUT2D eigenvalue weighted by atomic mass is 16.5. The number of carbonyl (C=O) groups is 1. The molecule has 0 amide bonds. The van der Waals surface area contributed by atoms with Crippen molar-refractivity contribution >= 4 is 5.97 Å². The van der Waals surface area contributed by atoms with Gasteiger partial charge in [0, 0.05) is 29.9 Å². The zero-order valence-electron chi connectivity index (χ0n) is 27.0. The second-order valence-corrected chi connectivity index (χ2v) is 12.0. The molecule has 1 heterocycles. The van der Waals surface area contributed by atoms with Crippen LogP contribution in [-0.2, 0) is 4.79 Å². The van der Waals surface area contributed by atoms with E-state index in [2.05, 4.69) is 30.7 Å². The normalized spacial score (nSPS) is 11.8. The molecule has 0 bridgehead atoms. The summed E-state index contributed by atoms with van der Waals surface area (Å²) < 4.78 is 11.5. The van der Waals surface area contributed by atoms with E-state index in [1.807, 2.05) is 60.9 Å². The average molecular weight is 587 g/mol. The van der Waals surface area contributed by atoms with E-state index < -0.39 is 0 Å². The fraction of sp³-hybridized carbons (Fsp3) is 0.553. The Kier molecular flexibility index (Phi) is 16.5. The molecule has 5 heteroatoms. The minimum atomic E-state index is -0.161. The molecule has 3 aromatic rings. The van der Waals surface area contributed by atoms with Crippen LogP contribution >= 0.6 is 0 Å². The Morgan fingerprint density at radius 1 is 0.628 bits per heavy atom. The standard InChI is InChI=1S/C38H54N2O3/c1-4-6-8-10-12-16-28-42-35-24-22-33(23-25-35)38-39-29-34(30-40-38)32-20-26-36(27-21-32)43-37(41)19-15-14-18-31(3)17-13-11-9-7-5-2/h20-27,29-31H,4-19,28H2,1-3H3. The number of unbranched alkanes of at least 4 members (excludes halogenated alkanes) is 10. The highest BCUT2D eigenvalue weighted by Crippen LogP contribution is 2.25. The van der Waals surface area contributed by atoms with Crippen LogP contribution in [0.1, 0.15) is 124 Å². The lowest BCUT2D eigenvalue weighted by Gasteiger charge is -2.11. The first-order valence-corrected chi connectivity index (χ1v) is 17.0. The fourth-order valence-corrected chi connectivity index (χ4v) is 5.30. The van der Waals surface area contributed by atoms with Crippen molar-refractivity contribution in [1.29, 1.82) is 0 Å². The Bertz CT molecular complexity index is 1140. The summed E-state index contributed by atoms with van der Waals surface area (Å²) in [5, 5.41) is 0. The molecular formula is C38H54N2O3. The Labute approximate surface area is 260 Å². The van der Waals surface area contributed by atoms with Gasteiger partial charge in [0.1, 0.15) is 11.5 Å². The molecule has 0 saturated carbocycles. The molecule has 0 N–H and O–H groups in total. The van der Waals surface area contributed by atoms with Gasteiger partial charge in [-0.25, -0.2) is 9.97 Å². The smallest absolute Gasteiger partial charge is 0.311 e. The van der Waals surface area contributed by atoms with Gasteiger partial charge in [0.05, 0.1) is 6.61 Å². The van der Waals surface area contributed by atoms with Crippen molar-refractivity contribution in [2.75, 3.05) is 6.61 Å². The number of rotatable bonds is 22. The molecule has 0 radical (unpaired) electrons. The fourth-order valence-electron chi connectivity index (χ4n) is 5.30. The number of hydrogen-bond acceptors (Lipinski definition) is 5. The van der Waals surface area contributed by atoms with Crippen LogP contribution in [0.5, 0.6) is 11.5 Å². The Balaban J connectivity index is 1.36. The summed E-state index contributed by atoms with van der Waals surface area (Å²) in [5.41, 5.74) is 2.85. The number of ether oxygens (including phenoxy) is 2. The molecule has 234 valence electrons. The van der Waals surface area contributed by atoms with Gasteiger partial charge >= 0.3 is 5.97 Å². The first-order chi connectivity index (χ1) is 21.1. The van der Waals surface area contributed by atoms with Gasteiger partial charge in [0.15, 0.2) is 5.82 Å². The first kappa shape index (κ1) is 34.3. The minimum Gasteiger partial charge on any atom is -0.494 e. The minimum absolute atomic E-state index is 0.161. The molecule has 5 nitrogen and oxygen atoms in total. The molecule has 43 heavy (non-hydrogen) atoms. The lowest BCUT2D eigenvalue weighted by Crippen LogP contribution is -2.07. The predicted octanol–water partition coefficient (Wildman–Crippen LogP) is 11.0. The van der Waals surface area contributed by atoms with E-state index in [4.69, 9.17) is 9.47 Å². The van der Waals surface area contributed by atoms with Gasteiger partial charge in [-0.15, -0.1) is 0 Å². The van der Waals surface area contributed by atoms with Gasteiger partial charge in [-0.1, -0.05) is 116 Å². The van der Waals surface area contributed by atoms with Crippen molar-refractivity contribution in [1.82, 2.24) is 9.97 Å². The van der Waals surface area contributed by atoms with Crippen molar-refractivity contribution in [3.63, 3.8) is 0 Å². The predicted molar refractivity (Wildman–Crippen MR) is 178 cm³/mol. The lowest BCUT2D eigenvalue weighted by molar-refractivity contribution is -0.134. The maximum Gasteiger partial charge on any atom is 0.311 e. The summed E-state index contributed by atoms with van der Waals surface area (Å²) in [7, 11) is 0. The van der Waals surface area contributed by atoms with E-state index in [-0.39, 0.29) is 5.97 Å². The number of nitrogens with zero attached hydrogens (tertiary/aromatic N) is 2. The van der Waals surface area contributed by atoms with Crippen LogP contribution < -0.4 is 9.47 Å². The highest BCUT2D eigenvalue weighted by Gasteiger charge is 2.09. The van der Waals surface area contributed by atoms with Crippen LogP contribution in [0.15, 0.2) is 60.9 Å². The van der Waals surface area contributed by atoms with Crippen molar-refractivity contribution in [3.05, 3.63) is 60.9 Å². The third-order valence-electron chi connectivity index (χ3n) is 8.08. The van der Waals surface area contributed by atoms with Gasteiger partial charge in [-0.05, 0) is 60.7 Å². The second-order valence-electron chi connectivity index (χ2n) is 12.0. The molecule has 1 aromatic heterocycles.